The quantitative estimate of drug-likeness (QED) is 0.575. The number of hydrogen-bond acceptors (Lipinski definition) is 7. The summed E-state index contributed by atoms with van der Waals surface area (Å²) < 4.78 is 23.2. The van der Waals surface area contributed by atoms with Crippen LogP contribution in [0.2, 0.25) is 0 Å². The highest BCUT2D eigenvalue weighted by Crippen LogP contribution is 2.37. The van der Waals surface area contributed by atoms with Crippen molar-refractivity contribution in [1.29, 1.82) is 0 Å². The van der Waals surface area contributed by atoms with E-state index in [0.717, 1.165) is 40.8 Å². The Labute approximate surface area is 184 Å². The molecule has 0 saturated carbocycles. The second-order valence-corrected chi connectivity index (χ2v) is 8.74. The Kier molecular flexibility index (Phi) is 5.41. The maximum atomic E-state index is 13.5. The van der Waals surface area contributed by atoms with Crippen molar-refractivity contribution in [3.05, 3.63) is 41.5 Å². The molecule has 1 saturated heterocycles. The average molecular weight is 441 g/mol. The van der Waals surface area contributed by atoms with Gasteiger partial charge in [-0.25, -0.2) is 4.98 Å². The highest BCUT2D eigenvalue weighted by molar-refractivity contribution is 7.22. The van der Waals surface area contributed by atoms with Crippen molar-refractivity contribution in [2.24, 2.45) is 0 Å². The van der Waals surface area contributed by atoms with Gasteiger partial charge in [-0.1, -0.05) is 23.5 Å². The van der Waals surface area contributed by atoms with E-state index in [0.29, 0.717) is 28.9 Å². The van der Waals surface area contributed by atoms with E-state index in [-0.39, 0.29) is 25.2 Å². The monoisotopic (exact) mass is 440 g/mol. The summed E-state index contributed by atoms with van der Waals surface area (Å²) in [4.78, 5) is 20.0. The van der Waals surface area contributed by atoms with E-state index in [4.69, 9.17) is 23.9 Å². The molecule has 1 unspecified atom stereocenters. The lowest BCUT2D eigenvalue weighted by molar-refractivity contribution is -0.118. The van der Waals surface area contributed by atoms with Crippen molar-refractivity contribution in [3.8, 4) is 17.2 Å². The minimum atomic E-state index is -0.0231. The van der Waals surface area contributed by atoms with Crippen LogP contribution in [0.25, 0.3) is 10.2 Å². The van der Waals surface area contributed by atoms with E-state index in [2.05, 4.69) is 0 Å². The Hall–Kier alpha value is -2.84. The van der Waals surface area contributed by atoms with Gasteiger partial charge in [-0.3, -0.25) is 9.69 Å². The first-order chi connectivity index (χ1) is 15.1. The number of carbonyl (C=O) groups excluding carboxylic acids is 1. The molecule has 162 valence electrons. The number of carbonyl (C=O) groups is 1. The molecular weight excluding hydrogens is 416 g/mol. The van der Waals surface area contributed by atoms with Crippen LogP contribution in [0.1, 0.15) is 24.0 Å². The van der Waals surface area contributed by atoms with E-state index < -0.39 is 0 Å². The van der Waals surface area contributed by atoms with E-state index in [9.17, 15) is 4.79 Å². The second-order valence-electron chi connectivity index (χ2n) is 7.76. The summed E-state index contributed by atoms with van der Waals surface area (Å²) in [6.07, 6.45) is 2.23. The van der Waals surface area contributed by atoms with Crippen LogP contribution in [0.15, 0.2) is 30.3 Å². The van der Waals surface area contributed by atoms with E-state index in [1.807, 2.05) is 37.3 Å². The maximum absolute atomic E-state index is 13.5. The Balaban J connectivity index is 1.47. The molecule has 5 rings (SSSR count). The first kappa shape index (κ1) is 20.1. The van der Waals surface area contributed by atoms with Crippen molar-refractivity contribution >= 4 is 32.6 Å². The predicted octanol–water partition coefficient (Wildman–Crippen LogP) is 4.10. The zero-order chi connectivity index (χ0) is 21.4. The summed E-state index contributed by atoms with van der Waals surface area (Å²) in [5.41, 5.74) is 2.78. The third-order valence-corrected chi connectivity index (χ3v) is 6.86. The normalized spacial score (nSPS) is 17.3. The molecule has 2 aliphatic heterocycles. The molecule has 0 bridgehead atoms. The first-order valence-electron chi connectivity index (χ1n) is 10.4. The Morgan fingerprint density at radius 3 is 2.94 bits per heavy atom. The number of hydrogen-bond donors (Lipinski definition) is 0. The molecule has 1 aromatic heterocycles. The Morgan fingerprint density at radius 1 is 1.26 bits per heavy atom. The predicted molar refractivity (Wildman–Crippen MR) is 119 cm³/mol. The number of aromatic nitrogens is 1. The lowest BCUT2D eigenvalue weighted by Crippen LogP contribution is -2.38. The van der Waals surface area contributed by atoms with Crippen LogP contribution in [0.5, 0.6) is 17.2 Å². The first-order valence-corrected chi connectivity index (χ1v) is 11.2. The fourth-order valence-corrected chi connectivity index (χ4v) is 5.06. The van der Waals surface area contributed by atoms with Gasteiger partial charge in [-0.15, -0.1) is 0 Å². The highest BCUT2D eigenvalue weighted by Gasteiger charge is 2.27. The average Bonchev–Trinajstić information content (AvgIpc) is 3.52. The number of nitrogens with zero attached hydrogens (tertiary/aromatic N) is 2. The van der Waals surface area contributed by atoms with E-state index in [1.54, 1.807) is 12.0 Å². The molecule has 7 nitrogen and oxygen atoms in total. The Morgan fingerprint density at radius 2 is 2.13 bits per heavy atom. The molecule has 1 fully saturated rings. The fourth-order valence-electron chi connectivity index (χ4n) is 3.98. The van der Waals surface area contributed by atoms with Gasteiger partial charge in [0.1, 0.15) is 11.3 Å². The van der Waals surface area contributed by atoms with Crippen LogP contribution >= 0.6 is 11.3 Å². The standard InChI is InChI=1S/C23H24N2O5S/c1-14-5-7-18(27-2)21-22(14)31-23(24-21)25(12-16-4-3-9-28-16)20(26)11-15-6-8-17-19(10-15)30-13-29-17/h5-8,10,16H,3-4,9,11-13H2,1-2H3. The second kappa shape index (κ2) is 8.36. The molecule has 1 atom stereocenters. The Bertz CT molecular complexity index is 1120. The molecule has 1 amide bonds. The van der Waals surface area contributed by atoms with Crippen molar-refractivity contribution in [1.82, 2.24) is 4.98 Å². The van der Waals surface area contributed by atoms with Gasteiger partial charge in [0.2, 0.25) is 12.7 Å². The largest absolute Gasteiger partial charge is 0.494 e. The fraction of sp³-hybridized carbons (Fsp3) is 0.391. The lowest BCUT2D eigenvalue weighted by atomic mass is 10.1. The van der Waals surface area contributed by atoms with E-state index in [1.165, 1.54) is 11.3 Å². The van der Waals surface area contributed by atoms with Gasteiger partial charge in [-0.05, 0) is 49.1 Å². The molecule has 3 aromatic rings. The van der Waals surface area contributed by atoms with Crippen molar-refractivity contribution < 1.29 is 23.7 Å². The molecule has 0 N–H and O–H groups in total. The molecule has 3 heterocycles. The van der Waals surface area contributed by atoms with Gasteiger partial charge < -0.3 is 18.9 Å². The molecule has 0 aliphatic carbocycles. The number of fused-ring (bicyclic) bond motifs is 2. The molecule has 0 radical (unpaired) electrons. The summed E-state index contributed by atoms with van der Waals surface area (Å²) in [5, 5.41) is 0.670. The number of methoxy groups -OCH3 is 1. The molecule has 0 spiro atoms. The summed E-state index contributed by atoms with van der Waals surface area (Å²) in [6, 6.07) is 9.56. The number of rotatable bonds is 6. The minimum absolute atomic E-state index is 0.0231. The summed E-state index contributed by atoms with van der Waals surface area (Å²) in [7, 11) is 1.64. The van der Waals surface area contributed by atoms with Crippen LogP contribution in [-0.2, 0) is 16.0 Å². The smallest absolute Gasteiger partial charge is 0.233 e. The number of thiazole rings is 1. The molecule has 31 heavy (non-hydrogen) atoms. The highest BCUT2D eigenvalue weighted by atomic mass is 32.1. The van der Waals surface area contributed by atoms with Crippen molar-refractivity contribution in [2.45, 2.75) is 32.3 Å². The summed E-state index contributed by atoms with van der Waals surface area (Å²) in [6.45, 7) is 3.49. The number of anilines is 1. The third kappa shape index (κ3) is 3.93. The van der Waals surface area contributed by atoms with Crippen molar-refractivity contribution in [2.75, 3.05) is 32.0 Å². The zero-order valence-electron chi connectivity index (χ0n) is 17.6. The van der Waals surface area contributed by atoms with Gasteiger partial charge in [0, 0.05) is 6.61 Å². The van der Waals surface area contributed by atoms with Crippen LogP contribution in [0, 0.1) is 6.92 Å². The minimum Gasteiger partial charge on any atom is -0.494 e. The van der Waals surface area contributed by atoms with Gasteiger partial charge in [-0.2, -0.15) is 0 Å². The lowest BCUT2D eigenvalue weighted by Gasteiger charge is -2.23. The maximum Gasteiger partial charge on any atom is 0.233 e. The molecular formula is C23H24N2O5S. The van der Waals surface area contributed by atoms with Crippen LogP contribution in [0.3, 0.4) is 0 Å². The van der Waals surface area contributed by atoms with Gasteiger partial charge >= 0.3 is 0 Å². The summed E-state index contributed by atoms with van der Waals surface area (Å²) in [5.74, 6) is 2.07. The molecule has 2 aliphatic rings. The van der Waals surface area contributed by atoms with Gasteiger partial charge in [0.05, 0.1) is 30.9 Å². The number of ether oxygens (including phenoxy) is 4. The van der Waals surface area contributed by atoms with Crippen LogP contribution < -0.4 is 19.1 Å². The molecule has 8 heteroatoms. The van der Waals surface area contributed by atoms with Gasteiger partial charge in [0.25, 0.3) is 0 Å². The van der Waals surface area contributed by atoms with E-state index >= 15 is 0 Å². The van der Waals surface area contributed by atoms with Gasteiger partial charge in [0.15, 0.2) is 16.6 Å². The third-order valence-electron chi connectivity index (χ3n) is 5.65. The van der Waals surface area contributed by atoms with Crippen LogP contribution in [-0.4, -0.2) is 44.0 Å². The van der Waals surface area contributed by atoms with Crippen LogP contribution in [0.4, 0.5) is 5.13 Å². The number of amides is 1. The summed E-state index contributed by atoms with van der Waals surface area (Å²) >= 11 is 1.52. The number of aryl methyl sites for hydroxylation is 1. The molecule has 2 aromatic carbocycles. The SMILES string of the molecule is COc1ccc(C)c2sc(N(CC3CCCO3)C(=O)Cc3ccc4c(c3)OCO4)nc12. The number of benzene rings is 2. The topological polar surface area (TPSA) is 70.1 Å². The van der Waals surface area contributed by atoms with Crippen molar-refractivity contribution in [3.63, 3.8) is 0 Å². The zero-order valence-corrected chi connectivity index (χ0v) is 18.4.